The van der Waals surface area contributed by atoms with E-state index >= 15 is 0 Å². The molecule has 0 spiro atoms. The van der Waals surface area contributed by atoms with Crippen LogP contribution in [0, 0.1) is 0 Å². The van der Waals surface area contributed by atoms with Crippen LogP contribution >= 0.6 is 12.2 Å². The van der Waals surface area contributed by atoms with Crippen molar-refractivity contribution >= 4 is 63.4 Å². The number of amides is 3. The first-order valence-corrected chi connectivity index (χ1v) is 12.0. The summed E-state index contributed by atoms with van der Waals surface area (Å²) in [4.78, 5) is 39.7. The van der Waals surface area contributed by atoms with Gasteiger partial charge in [-0.2, -0.15) is 13.2 Å². The number of aromatic nitrogens is 1. The highest BCUT2D eigenvalue weighted by Gasteiger charge is 2.36. The Kier molecular flexibility index (Phi) is 6.75. The predicted molar refractivity (Wildman–Crippen MR) is 145 cm³/mol. The van der Waals surface area contributed by atoms with Gasteiger partial charge < -0.3 is 9.88 Å². The summed E-state index contributed by atoms with van der Waals surface area (Å²) in [6.45, 7) is -0.0425. The second-order valence-corrected chi connectivity index (χ2v) is 9.04. The van der Waals surface area contributed by atoms with Crippen LogP contribution in [-0.2, 0) is 27.1 Å². The summed E-state index contributed by atoms with van der Waals surface area (Å²) in [6.07, 6.45) is -1.66. The highest BCUT2D eigenvalue weighted by Crippen LogP contribution is 2.33. The normalized spacial score (nSPS) is 15.1. The van der Waals surface area contributed by atoms with Gasteiger partial charge in [0.05, 0.1) is 11.3 Å². The average Bonchev–Trinajstić information content (AvgIpc) is 3.23. The molecule has 0 atom stereocenters. The van der Waals surface area contributed by atoms with E-state index in [2.05, 4.69) is 10.6 Å². The Balaban J connectivity index is 1.49. The number of hydrogen-bond acceptors (Lipinski definition) is 4. The number of carbonyl (C=O) groups is 3. The SMILES string of the molecule is O=C(Cn1cc(/C=C2\C(=O)NC(=S)N(c3cccc(C(F)(F)F)c3)C2=O)c2ccccc21)Nc1ccccc1. The smallest absolute Gasteiger partial charge is 0.337 e. The van der Waals surface area contributed by atoms with Gasteiger partial charge in [0.1, 0.15) is 12.1 Å². The molecule has 1 fully saturated rings. The van der Waals surface area contributed by atoms with Crippen molar-refractivity contribution < 1.29 is 27.6 Å². The minimum atomic E-state index is -4.63. The molecule has 0 bridgehead atoms. The number of rotatable bonds is 5. The fourth-order valence-electron chi connectivity index (χ4n) is 4.27. The van der Waals surface area contributed by atoms with Crippen LogP contribution in [0.3, 0.4) is 0 Å². The van der Waals surface area contributed by atoms with Crippen LogP contribution < -0.4 is 15.5 Å². The maximum Gasteiger partial charge on any atom is 0.416 e. The van der Waals surface area contributed by atoms with E-state index in [1.165, 1.54) is 12.1 Å². The molecule has 7 nitrogen and oxygen atoms in total. The zero-order chi connectivity index (χ0) is 27.7. The number of nitrogens with one attached hydrogen (secondary N) is 2. The zero-order valence-electron chi connectivity index (χ0n) is 20.0. The molecule has 2 N–H and O–H groups in total. The van der Waals surface area contributed by atoms with Gasteiger partial charge in [0.2, 0.25) is 5.91 Å². The van der Waals surface area contributed by atoms with E-state index in [0.717, 1.165) is 23.1 Å². The standard InChI is InChI=1S/C28H19F3N4O3S/c29-28(30,31)18-7-6-10-20(14-18)35-26(38)22(25(37)33-27(35)39)13-17-15-34(23-12-5-4-11-21(17)23)16-24(36)32-19-8-2-1-3-9-19/h1-15H,16H2,(H,32,36)(H,33,37,39)/b22-13+. The summed E-state index contributed by atoms with van der Waals surface area (Å²) < 4.78 is 41.5. The maximum atomic E-state index is 13.4. The van der Waals surface area contributed by atoms with E-state index in [1.54, 1.807) is 59.3 Å². The third kappa shape index (κ3) is 5.30. The van der Waals surface area contributed by atoms with Crippen LogP contribution in [0.1, 0.15) is 11.1 Å². The van der Waals surface area contributed by atoms with Crippen LogP contribution in [0.4, 0.5) is 24.5 Å². The second-order valence-electron chi connectivity index (χ2n) is 8.65. The number of carbonyl (C=O) groups excluding carboxylic acids is 3. The van der Waals surface area contributed by atoms with Gasteiger partial charge in [0.25, 0.3) is 11.8 Å². The number of halogens is 3. The molecule has 11 heteroatoms. The van der Waals surface area contributed by atoms with Crippen LogP contribution in [0.25, 0.3) is 17.0 Å². The first kappa shape index (κ1) is 25.9. The summed E-state index contributed by atoms with van der Waals surface area (Å²) in [5, 5.41) is 5.52. The maximum absolute atomic E-state index is 13.4. The van der Waals surface area contributed by atoms with Crippen molar-refractivity contribution in [3.63, 3.8) is 0 Å². The molecule has 4 aromatic rings. The van der Waals surface area contributed by atoms with Crippen molar-refractivity contribution in [2.45, 2.75) is 12.7 Å². The lowest BCUT2D eigenvalue weighted by molar-refractivity contribution is -0.137. The summed E-state index contributed by atoms with van der Waals surface area (Å²) in [6, 6.07) is 20.2. The van der Waals surface area contributed by atoms with Crippen molar-refractivity contribution in [3.8, 4) is 0 Å². The largest absolute Gasteiger partial charge is 0.416 e. The first-order valence-electron chi connectivity index (χ1n) is 11.6. The number of thiocarbonyl (C=S) groups is 1. The first-order chi connectivity index (χ1) is 18.6. The Morgan fingerprint density at radius 1 is 0.974 bits per heavy atom. The van der Waals surface area contributed by atoms with Crippen LogP contribution in [0.2, 0.25) is 0 Å². The minimum Gasteiger partial charge on any atom is -0.337 e. The molecule has 1 saturated heterocycles. The number of para-hydroxylation sites is 2. The number of alkyl halides is 3. The van der Waals surface area contributed by atoms with Crippen molar-refractivity contribution in [3.05, 3.63) is 102 Å². The van der Waals surface area contributed by atoms with Gasteiger partial charge in [-0.1, -0.05) is 42.5 Å². The molecule has 2 heterocycles. The second kappa shape index (κ2) is 10.2. The number of nitrogens with zero attached hydrogens (tertiary/aromatic N) is 2. The highest BCUT2D eigenvalue weighted by atomic mass is 32.1. The average molecular weight is 549 g/mol. The molecule has 0 unspecified atom stereocenters. The number of anilines is 2. The fraction of sp³-hybridized carbons (Fsp3) is 0.0714. The van der Waals surface area contributed by atoms with Gasteiger partial charge in [-0.25, -0.2) is 0 Å². The molecular weight excluding hydrogens is 529 g/mol. The monoisotopic (exact) mass is 548 g/mol. The van der Waals surface area contributed by atoms with Crippen molar-refractivity contribution in [2.75, 3.05) is 10.2 Å². The Labute approximate surface area is 225 Å². The van der Waals surface area contributed by atoms with Crippen LogP contribution in [0.5, 0.6) is 0 Å². The van der Waals surface area contributed by atoms with Gasteiger partial charge >= 0.3 is 6.18 Å². The third-order valence-electron chi connectivity index (χ3n) is 6.02. The number of benzene rings is 3. The fourth-order valence-corrected chi connectivity index (χ4v) is 4.55. The Bertz CT molecular complexity index is 1660. The Morgan fingerprint density at radius 3 is 2.44 bits per heavy atom. The summed E-state index contributed by atoms with van der Waals surface area (Å²) in [7, 11) is 0. The molecule has 1 aliphatic rings. The van der Waals surface area contributed by atoms with Crippen LogP contribution in [-0.4, -0.2) is 27.4 Å². The number of hydrogen-bond donors (Lipinski definition) is 2. The summed E-state index contributed by atoms with van der Waals surface area (Å²) >= 11 is 5.12. The highest BCUT2D eigenvalue weighted by molar-refractivity contribution is 7.80. The lowest BCUT2D eigenvalue weighted by atomic mass is 10.1. The number of fused-ring (bicyclic) bond motifs is 1. The lowest BCUT2D eigenvalue weighted by Crippen LogP contribution is -2.54. The molecule has 1 aliphatic heterocycles. The molecule has 0 aliphatic carbocycles. The van der Waals surface area contributed by atoms with E-state index in [0.29, 0.717) is 22.2 Å². The Hall–Kier alpha value is -4.77. The molecule has 3 aromatic carbocycles. The van der Waals surface area contributed by atoms with Gasteiger partial charge in [-0.15, -0.1) is 0 Å². The van der Waals surface area contributed by atoms with Gasteiger partial charge in [0.15, 0.2) is 5.11 Å². The van der Waals surface area contributed by atoms with Crippen molar-refractivity contribution in [2.24, 2.45) is 0 Å². The van der Waals surface area contributed by atoms with E-state index in [4.69, 9.17) is 12.2 Å². The summed E-state index contributed by atoms with van der Waals surface area (Å²) in [5.41, 5.74) is 0.365. The molecule has 0 radical (unpaired) electrons. The summed E-state index contributed by atoms with van der Waals surface area (Å²) in [5.74, 6) is -1.94. The van der Waals surface area contributed by atoms with E-state index < -0.39 is 23.6 Å². The quantitative estimate of drug-likeness (QED) is 0.206. The Morgan fingerprint density at radius 2 is 1.69 bits per heavy atom. The molecule has 0 saturated carbocycles. The molecular formula is C28H19F3N4O3S. The molecule has 5 rings (SSSR count). The predicted octanol–water partition coefficient (Wildman–Crippen LogP) is 5.13. The lowest BCUT2D eigenvalue weighted by Gasteiger charge is -2.29. The molecule has 39 heavy (non-hydrogen) atoms. The van der Waals surface area contributed by atoms with Crippen LogP contribution in [0.15, 0.2) is 90.6 Å². The molecule has 196 valence electrons. The van der Waals surface area contributed by atoms with Gasteiger partial charge in [-0.05, 0) is 54.7 Å². The minimum absolute atomic E-state index is 0.0425. The van der Waals surface area contributed by atoms with Gasteiger partial charge in [-0.3, -0.25) is 24.6 Å². The molecule has 3 amide bonds. The zero-order valence-corrected chi connectivity index (χ0v) is 20.8. The molecule has 1 aromatic heterocycles. The van der Waals surface area contributed by atoms with E-state index in [1.807, 2.05) is 6.07 Å². The van der Waals surface area contributed by atoms with Crippen molar-refractivity contribution in [1.82, 2.24) is 9.88 Å². The van der Waals surface area contributed by atoms with E-state index in [-0.39, 0.29) is 28.8 Å². The third-order valence-corrected chi connectivity index (χ3v) is 6.31. The van der Waals surface area contributed by atoms with Crippen molar-refractivity contribution in [1.29, 1.82) is 0 Å². The topological polar surface area (TPSA) is 83.4 Å². The van der Waals surface area contributed by atoms with E-state index in [9.17, 15) is 27.6 Å². The van der Waals surface area contributed by atoms with Gasteiger partial charge in [0, 0.05) is 28.4 Å².